The van der Waals surface area contributed by atoms with Crippen molar-refractivity contribution < 1.29 is 23.9 Å². The number of hydrogen-bond donors (Lipinski definition) is 0. The predicted octanol–water partition coefficient (Wildman–Crippen LogP) is 4.16. The molecule has 2 aromatic rings. The minimum atomic E-state index is -0.544. The highest BCUT2D eigenvalue weighted by molar-refractivity contribution is 6.10. The van der Waals surface area contributed by atoms with Gasteiger partial charge in [0.05, 0.1) is 0 Å². The molecule has 144 valence electrons. The smallest absolute Gasteiger partial charge is 0.333 e. The zero-order valence-electron chi connectivity index (χ0n) is 16.0. The first-order valence-corrected chi connectivity index (χ1v) is 8.66. The van der Waals surface area contributed by atoms with Gasteiger partial charge in [0.25, 0.3) is 0 Å². The lowest BCUT2D eigenvalue weighted by Crippen LogP contribution is -2.11. The van der Waals surface area contributed by atoms with E-state index in [1.807, 2.05) is 6.07 Å². The van der Waals surface area contributed by atoms with Crippen molar-refractivity contribution in [1.29, 1.82) is 0 Å². The summed E-state index contributed by atoms with van der Waals surface area (Å²) in [5.74, 6) is -1.23. The molecule has 0 aliphatic heterocycles. The Morgan fingerprint density at radius 3 is 1.96 bits per heavy atom. The van der Waals surface area contributed by atoms with Crippen LogP contribution in [0.15, 0.2) is 72.8 Å². The molecule has 0 atom stereocenters. The molecule has 0 aromatic heterocycles. The zero-order valence-corrected chi connectivity index (χ0v) is 16.0. The van der Waals surface area contributed by atoms with E-state index in [1.165, 1.54) is 0 Å². The van der Waals surface area contributed by atoms with E-state index in [9.17, 15) is 14.4 Å². The number of hydrogen-bond acceptors (Lipinski definition) is 5. The van der Waals surface area contributed by atoms with Gasteiger partial charge in [-0.25, -0.2) is 9.59 Å². The molecule has 28 heavy (non-hydrogen) atoms. The minimum absolute atomic E-state index is 0.0208. The topological polar surface area (TPSA) is 69.7 Å². The fourth-order valence-electron chi connectivity index (χ4n) is 2.36. The summed E-state index contributed by atoms with van der Waals surface area (Å²) >= 11 is 0. The maximum atomic E-state index is 12.9. The third kappa shape index (κ3) is 5.51. The number of ketones is 1. The van der Waals surface area contributed by atoms with Crippen molar-refractivity contribution in [1.82, 2.24) is 0 Å². The van der Waals surface area contributed by atoms with Crippen LogP contribution in [0.3, 0.4) is 0 Å². The Bertz CT molecular complexity index is 925. The molecule has 5 nitrogen and oxygen atoms in total. The number of ether oxygens (including phenoxy) is 2. The monoisotopic (exact) mass is 378 g/mol. The van der Waals surface area contributed by atoms with E-state index in [2.05, 4.69) is 13.2 Å². The van der Waals surface area contributed by atoms with Crippen molar-refractivity contribution in [2.24, 2.45) is 0 Å². The summed E-state index contributed by atoms with van der Waals surface area (Å²) in [4.78, 5) is 36.2. The van der Waals surface area contributed by atoms with Crippen LogP contribution in [0.1, 0.15) is 40.9 Å². The zero-order chi connectivity index (χ0) is 20.7. The second-order valence-corrected chi connectivity index (χ2v) is 6.40. The van der Waals surface area contributed by atoms with Crippen LogP contribution in [0.25, 0.3) is 0 Å². The first-order valence-electron chi connectivity index (χ1n) is 8.66. The van der Waals surface area contributed by atoms with Crippen molar-refractivity contribution >= 4 is 17.7 Å². The molecule has 0 fully saturated rings. The molecular weight excluding hydrogens is 356 g/mol. The Balaban J connectivity index is 2.30. The lowest BCUT2D eigenvalue weighted by Gasteiger charge is -2.12. The molecule has 0 spiro atoms. The summed E-state index contributed by atoms with van der Waals surface area (Å²) in [6, 6.07) is 13.8. The maximum Gasteiger partial charge on any atom is 0.333 e. The number of benzene rings is 2. The molecule has 2 rings (SSSR count). The van der Waals surface area contributed by atoms with E-state index in [4.69, 9.17) is 9.47 Å². The van der Waals surface area contributed by atoms with Gasteiger partial charge in [-0.05, 0) is 25.5 Å². The van der Waals surface area contributed by atoms with Crippen LogP contribution in [0.4, 0.5) is 0 Å². The summed E-state index contributed by atoms with van der Waals surface area (Å²) in [5.41, 5.74) is 2.69. The molecule has 0 saturated heterocycles. The number of esters is 2. The molecule has 0 amide bonds. The standard InChI is InChI=1S/C23H22O5/c1-15(2)22(25)27-13-17-10-11-20(21(24)18-8-6-5-7-9-18)19(12-17)14-28-23(26)16(3)4/h5-12H,1,3,13-14H2,2,4H3. The van der Waals surface area contributed by atoms with Crippen molar-refractivity contribution in [2.75, 3.05) is 0 Å². The highest BCUT2D eigenvalue weighted by Gasteiger charge is 2.16. The van der Waals surface area contributed by atoms with Gasteiger partial charge in [0.1, 0.15) is 13.2 Å². The van der Waals surface area contributed by atoms with Gasteiger partial charge < -0.3 is 9.47 Å². The fourth-order valence-corrected chi connectivity index (χ4v) is 2.36. The van der Waals surface area contributed by atoms with Crippen molar-refractivity contribution in [2.45, 2.75) is 27.1 Å². The Kier molecular flexibility index (Phi) is 7.04. The fraction of sp³-hybridized carbons (Fsp3) is 0.174. The summed E-state index contributed by atoms with van der Waals surface area (Å²) in [7, 11) is 0. The van der Waals surface area contributed by atoms with E-state index in [0.29, 0.717) is 27.8 Å². The average molecular weight is 378 g/mol. The second-order valence-electron chi connectivity index (χ2n) is 6.40. The van der Waals surface area contributed by atoms with E-state index in [-0.39, 0.29) is 24.6 Å². The van der Waals surface area contributed by atoms with Gasteiger partial charge in [-0.1, -0.05) is 55.6 Å². The Morgan fingerprint density at radius 1 is 0.821 bits per heavy atom. The normalized spacial score (nSPS) is 10.1. The number of rotatable bonds is 8. The summed E-state index contributed by atoms with van der Waals surface area (Å²) in [6.45, 7) is 10.1. The molecule has 0 unspecified atom stereocenters. The van der Waals surface area contributed by atoms with Crippen LogP contribution in [0, 0.1) is 0 Å². The number of carbonyl (C=O) groups is 3. The minimum Gasteiger partial charge on any atom is -0.457 e. The predicted molar refractivity (Wildman–Crippen MR) is 106 cm³/mol. The van der Waals surface area contributed by atoms with Gasteiger partial charge in [-0.2, -0.15) is 0 Å². The van der Waals surface area contributed by atoms with E-state index >= 15 is 0 Å². The maximum absolute atomic E-state index is 12.9. The first-order chi connectivity index (χ1) is 13.3. The summed E-state index contributed by atoms with van der Waals surface area (Å²) in [5, 5.41) is 0. The van der Waals surface area contributed by atoms with Gasteiger partial charge in [0.2, 0.25) is 0 Å². The second kappa shape index (κ2) is 9.46. The summed E-state index contributed by atoms with van der Waals surface area (Å²) < 4.78 is 10.4. The first kappa shape index (κ1) is 20.8. The van der Waals surface area contributed by atoms with Crippen LogP contribution in [0.2, 0.25) is 0 Å². The molecule has 0 radical (unpaired) electrons. The van der Waals surface area contributed by atoms with Crippen LogP contribution < -0.4 is 0 Å². The SMILES string of the molecule is C=C(C)C(=O)OCc1ccc(C(=O)c2ccccc2)c(COC(=O)C(=C)C)c1. The molecule has 2 aromatic carbocycles. The number of carbonyl (C=O) groups excluding carboxylic acids is 3. The van der Waals surface area contributed by atoms with Gasteiger partial charge >= 0.3 is 11.9 Å². The van der Waals surface area contributed by atoms with Crippen LogP contribution in [0.5, 0.6) is 0 Å². The summed E-state index contributed by atoms with van der Waals surface area (Å²) in [6.07, 6.45) is 0. The average Bonchev–Trinajstić information content (AvgIpc) is 2.70. The molecular formula is C23H22O5. The molecule has 0 aliphatic rings. The molecule has 0 saturated carbocycles. The van der Waals surface area contributed by atoms with Crippen LogP contribution >= 0.6 is 0 Å². The van der Waals surface area contributed by atoms with Crippen LogP contribution in [-0.4, -0.2) is 17.7 Å². The van der Waals surface area contributed by atoms with Gasteiger partial charge in [-0.3, -0.25) is 4.79 Å². The molecule has 0 aliphatic carbocycles. The Hall–Kier alpha value is -3.47. The van der Waals surface area contributed by atoms with Gasteiger partial charge in [0.15, 0.2) is 5.78 Å². The van der Waals surface area contributed by atoms with E-state index in [1.54, 1.807) is 56.3 Å². The third-order valence-electron chi connectivity index (χ3n) is 3.88. The highest BCUT2D eigenvalue weighted by Crippen LogP contribution is 2.19. The van der Waals surface area contributed by atoms with E-state index < -0.39 is 11.9 Å². The van der Waals surface area contributed by atoms with E-state index in [0.717, 1.165) is 0 Å². The van der Waals surface area contributed by atoms with Crippen LogP contribution in [-0.2, 0) is 32.3 Å². The van der Waals surface area contributed by atoms with Crippen molar-refractivity contribution in [3.05, 3.63) is 95.1 Å². The van der Waals surface area contributed by atoms with Crippen molar-refractivity contribution in [3.63, 3.8) is 0 Å². The van der Waals surface area contributed by atoms with Crippen molar-refractivity contribution in [3.8, 4) is 0 Å². The van der Waals surface area contributed by atoms with Gasteiger partial charge in [-0.15, -0.1) is 0 Å². The highest BCUT2D eigenvalue weighted by atomic mass is 16.5. The Morgan fingerprint density at radius 2 is 1.39 bits per heavy atom. The molecule has 0 heterocycles. The molecule has 5 heteroatoms. The Labute approximate surface area is 164 Å². The lowest BCUT2D eigenvalue weighted by molar-refractivity contribution is -0.140. The lowest BCUT2D eigenvalue weighted by atomic mass is 9.97. The quantitative estimate of drug-likeness (QED) is 0.392. The molecule has 0 bridgehead atoms. The molecule has 0 N–H and O–H groups in total. The largest absolute Gasteiger partial charge is 0.457 e. The van der Waals surface area contributed by atoms with Gasteiger partial charge in [0, 0.05) is 27.8 Å². The third-order valence-corrected chi connectivity index (χ3v) is 3.88.